The van der Waals surface area contributed by atoms with Crippen LogP contribution in [-0.4, -0.2) is 45.7 Å². The molecule has 0 aliphatic carbocycles. The number of fused-ring (bicyclic) bond motifs is 1. The van der Waals surface area contributed by atoms with Crippen molar-refractivity contribution in [2.24, 2.45) is 5.14 Å². The highest BCUT2D eigenvalue weighted by molar-refractivity contribution is 7.87. The Balaban J connectivity index is 1.93. The van der Waals surface area contributed by atoms with Crippen molar-refractivity contribution in [1.82, 2.24) is 14.7 Å². The molecule has 0 unspecified atom stereocenters. The van der Waals surface area contributed by atoms with Gasteiger partial charge in [0, 0.05) is 24.5 Å². The Morgan fingerprint density at radius 3 is 2.40 bits per heavy atom. The highest BCUT2D eigenvalue weighted by Gasteiger charge is 2.10. The summed E-state index contributed by atoms with van der Waals surface area (Å²) in [6.07, 6.45) is 3.93. The van der Waals surface area contributed by atoms with E-state index < -0.39 is 10.2 Å². The van der Waals surface area contributed by atoms with Crippen LogP contribution in [0.15, 0.2) is 18.5 Å². The fraction of sp³-hybridized carbons (Fsp3) is 0.467. The van der Waals surface area contributed by atoms with Gasteiger partial charge in [-0.25, -0.2) is 19.8 Å². The number of nitrogens with zero attached hydrogens (tertiary/aromatic N) is 2. The van der Waals surface area contributed by atoms with E-state index in [4.69, 9.17) is 14.6 Å². The van der Waals surface area contributed by atoms with Gasteiger partial charge in [-0.2, -0.15) is 8.42 Å². The average molecular weight is 369 g/mol. The Bertz CT molecular complexity index is 813. The van der Waals surface area contributed by atoms with Gasteiger partial charge in [0.2, 0.25) is 0 Å². The molecule has 1 aromatic heterocycles. The van der Waals surface area contributed by atoms with Crippen molar-refractivity contribution in [2.45, 2.75) is 19.3 Å². The zero-order valence-electron chi connectivity index (χ0n) is 14.3. The molecule has 138 valence electrons. The quantitative estimate of drug-likeness (QED) is 0.533. The molecule has 2 rings (SSSR count). The van der Waals surface area contributed by atoms with Crippen LogP contribution in [0, 0.1) is 0 Å². The number of unbranched alkanes of at least 4 members (excludes halogenated alkanes) is 2. The van der Waals surface area contributed by atoms with Gasteiger partial charge in [-0.3, -0.25) is 0 Å². The van der Waals surface area contributed by atoms with Crippen LogP contribution in [-0.2, 0) is 10.2 Å². The highest BCUT2D eigenvalue weighted by atomic mass is 32.2. The minimum atomic E-state index is -3.60. The molecule has 0 saturated carbocycles. The van der Waals surface area contributed by atoms with Crippen LogP contribution in [0.25, 0.3) is 10.9 Å². The van der Waals surface area contributed by atoms with E-state index in [-0.39, 0.29) is 0 Å². The summed E-state index contributed by atoms with van der Waals surface area (Å²) >= 11 is 0. The molecule has 2 aromatic rings. The van der Waals surface area contributed by atoms with E-state index in [0.717, 1.165) is 23.7 Å². The Labute approximate surface area is 147 Å². The summed E-state index contributed by atoms with van der Waals surface area (Å²) in [7, 11) is -0.444. The summed E-state index contributed by atoms with van der Waals surface area (Å²) in [6.45, 7) is 1.04. The van der Waals surface area contributed by atoms with Crippen molar-refractivity contribution in [1.29, 1.82) is 0 Å². The summed E-state index contributed by atoms with van der Waals surface area (Å²) in [5, 5.41) is 8.98. The second-order valence-electron chi connectivity index (χ2n) is 5.37. The zero-order valence-corrected chi connectivity index (χ0v) is 15.1. The molecule has 0 fully saturated rings. The second-order valence-corrected chi connectivity index (χ2v) is 6.75. The smallest absolute Gasteiger partial charge is 0.274 e. The molecule has 1 heterocycles. The molecular formula is C15H23N5O4S. The summed E-state index contributed by atoms with van der Waals surface area (Å²) < 4.78 is 34.4. The third kappa shape index (κ3) is 5.69. The number of nitrogens with one attached hydrogen (secondary N) is 2. The van der Waals surface area contributed by atoms with Crippen LogP contribution >= 0.6 is 0 Å². The molecule has 10 heteroatoms. The first-order chi connectivity index (χ1) is 11.9. The van der Waals surface area contributed by atoms with Crippen molar-refractivity contribution in [2.75, 3.05) is 32.6 Å². The zero-order chi connectivity index (χ0) is 18.3. The standard InChI is InChI=1S/C15H23N5O4S/c1-23-13-8-11-12(9-14(13)24-2)18-10-19-15(11)17-6-4-3-5-7-20-25(16,21)22/h8-10,20H,3-7H2,1-2H3,(H2,16,21,22)(H,17,18,19). The molecule has 1 aromatic carbocycles. The summed E-state index contributed by atoms with van der Waals surface area (Å²) in [5.74, 6) is 1.94. The first-order valence-electron chi connectivity index (χ1n) is 7.82. The minimum Gasteiger partial charge on any atom is -0.493 e. The van der Waals surface area contributed by atoms with E-state index >= 15 is 0 Å². The third-order valence-electron chi connectivity index (χ3n) is 3.59. The SMILES string of the molecule is COc1cc2ncnc(NCCCCCNS(N)(=O)=O)c2cc1OC. The predicted molar refractivity (Wildman–Crippen MR) is 96.1 cm³/mol. The van der Waals surface area contributed by atoms with Gasteiger partial charge in [-0.05, 0) is 18.9 Å². The maximum atomic E-state index is 10.7. The van der Waals surface area contributed by atoms with Gasteiger partial charge in [0.15, 0.2) is 11.5 Å². The summed E-state index contributed by atoms with van der Waals surface area (Å²) in [6, 6.07) is 3.65. The lowest BCUT2D eigenvalue weighted by Gasteiger charge is -2.12. The van der Waals surface area contributed by atoms with Crippen molar-refractivity contribution in [3.63, 3.8) is 0 Å². The molecule has 9 nitrogen and oxygen atoms in total. The number of methoxy groups -OCH3 is 2. The van der Waals surface area contributed by atoms with E-state index in [0.29, 0.717) is 36.8 Å². The fourth-order valence-electron chi connectivity index (χ4n) is 2.37. The number of benzene rings is 1. The van der Waals surface area contributed by atoms with E-state index in [1.54, 1.807) is 20.3 Å². The molecule has 0 saturated heterocycles. The molecule has 0 aliphatic heterocycles. The van der Waals surface area contributed by atoms with Crippen LogP contribution in [0.1, 0.15) is 19.3 Å². The van der Waals surface area contributed by atoms with Gasteiger partial charge in [0.25, 0.3) is 10.2 Å². The Morgan fingerprint density at radius 2 is 1.72 bits per heavy atom. The van der Waals surface area contributed by atoms with Crippen LogP contribution in [0.3, 0.4) is 0 Å². The summed E-state index contributed by atoms with van der Waals surface area (Å²) in [5.41, 5.74) is 0.757. The van der Waals surface area contributed by atoms with Gasteiger partial charge in [0.05, 0.1) is 19.7 Å². The molecule has 25 heavy (non-hydrogen) atoms. The Morgan fingerprint density at radius 1 is 1.04 bits per heavy atom. The monoisotopic (exact) mass is 369 g/mol. The highest BCUT2D eigenvalue weighted by Crippen LogP contribution is 2.33. The van der Waals surface area contributed by atoms with Crippen LogP contribution in [0.2, 0.25) is 0 Å². The molecule has 0 radical (unpaired) electrons. The number of anilines is 1. The predicted octanol–water partition coefficient (Wildman–Crippen LogP) is 1.02. The average Bonchev–Trinajstić information content (AvgIpc) is 2.58. The number of nitrogens with two attached hydrogens (primary N) is 1. The van der Waals surface area contributed by atoms with E-state index in [1.807, 2.05) is 6.07 Å². The fourth-order valence-corrected chi connectivity index (χ4v) is 2.80. The lowest BCUT2D eigenvalue weighted by molar-refractivity contribution is 0.356. The number of hydrogen-bond donors (Lipinski definition) is 3. The molecule has 4 N–H and O–H groups in total. The van der Waals surface area contributed by atoms with Crippen molar-refractivity contribution in [3.8, 4) is 11.5 Å². The van der Waals surface area contributed by atoms with Crippen molar-refractivity contribution < 1.29 is 17.9 Å². The molecular weight excluding hydrogens is 346 g/mol. The lowest BCUT2D eigenvalue weighted by Crippen LogP contribution is -2.31. The molecule has 0 aliphatic rings. The molecule has 0 amide bonds. The van der Waals surface area contributed by atoms with E-state index in [2.05, 4.69) is 20.0 Å². The summed E-state index contributed by atoms with van der Waals surface area (Å²) in [4.78, 5) is 8.53. The normalized spacial score (nSPS) is 11.5. The second kappa shape index (κ2) is 8.79. The molecule has 0 bridgehead atoms. The van der Waals surface area contributed by atoms with E-state index in [1.165, 1.54) is 6.33 Å². The molecule has 0 atom stereocenters. The minimum absolute atomic E-state index is 0.340. The van der Waals surface area contributed by atoms with Crippen LogP contribution in [0.5, 0.6) is 11.5 Å². The topological polar surface area (TPSA) is 128 Å². The van der Waals surface area contributed by atoms with Crippen LogP contribution < -0.4 is 24.7 Å². The first kappa shape index (κ1) is 19.2. The van der Waals surface area contributed by atoms with Gasteiger partial charge >= 0.3 is 0 Å². The van der Waals surface area contributed by atoms with Gasteiger partial charge in [-0.15, -0.1) is 0 Å². The van der Waals surface area contributed by atoms with Crippen molar-refractivity contribution >= 4 is 26.9 Å². The Kier molecular flexibility index (Phi) is 6.73. The lowest BCUT2D eigenvalue weighted by atomic mass is 10.2. The maximum Gasteiger partial charge on any atom is 0.274 e. The van der Waals surface area contributed by atoms with Gasteiger partial charge in [0.1, 0.15) is 12.1 Å². The number of ether oxygens (including phenoxy) is 2. The third-order valence-corrected chi connectivity index (χ3v) is 4.20. The molecule has 0 spiro atoms. The van der Waals surface area contributed by atoms with Crippen LogP contribution in [0.4, 0.5) is 5.82 Å². The first-order valence-corrected chi connectivity index (χ1v) is 9.37. The van der Waals surface area contributed by atoms with Crippen molar-refractivity contribution in [3.05, 3.63) is 18.5 Å². The largest absolute Gasteiger partial charge is 0.493 e. The van der Waals surface area contributed by atoms with E-state index in [9.17, 15) is 8.42 Å². The Hall–Kier alpha value is -2.17. The number of hydrogen-bond acceptors (Lipinski definition) is 7. The number of aromatic nitrogens is 2. The van der Waals surface area contributed by atoms with Gasteiger partial charge in [-0.1, -0.05) is 6.42 Å². The van der Waals surface area contributed by atoms with Gasteiger partial charge < -0.3 is 14.8 Å². The number of rotatable bonds is 10. The maximum absolute atomic E-state index is 10.7.